The van der Waals surface area contributed by atoms with Gasteiger partial charge in [0.05, 0.1) is 25.8 Å². The summed E-state index contributed by atoms with van der Waals surface area (Å²) < 4.78 is 16.4. The van der Waals surface area contributed by atoms with E-state index in [2.05, 4.69) is 0 Å². The van der Waals surface area contributed by atoms with Crippen molar-refractivity contribution in [1.82, 2.24) is 4.90 Å². The summed E-state index contributed by atoms with van der Waals surface area (Å²) in [7, 11) is 3.17. The summed E-state index contributed by atoms with van der Waals surface area (Å²) in [5, 5.41) is 11.0. The van der Waals surface area contributed by atoms with Crippen LogP contribution in [-0.4, -0.2) is 44.1 Å². The molecule has 1 amide bonds. The van der Waals surface area contributed by atoms with E-state index in [1.165, 1.54) is 24.5 Å². The molecule has 0 radical (unpaired) electrons. The number of hydrogen-bond acceptors (Lipinski definition) is 6. The lowest BCUT2D eigenvalue weighted by Crippen LogP contribution is -2.34. The molecule has 8 nitrogen and oxygen atoms in total. The number of ether oxygens (including phenoxy) is 3. The number of rotatable bonds is 6. The van der Waals surface area contributed by atoms with Gasteiger partial charge in [0.1, 0.15) is 11.5 Å². The monoisotopic (exact) mass is 386 g/mol. The molecule has 0 bridgehead atoms. The van der Waals surface area contributed by atoms with E-state index in [1.807, 2.05) is 12.1 Å². The molecule has 1 atom stereocenters. The largest absolute Gasteiger partial charge is 0.619 e. The lowest BCUT2D eigenvalue weighted by atomic mass is 10.0. The lowest BCUT2D eigenvalue weighted by molar-refractivity contribution is -0.605. The van der Waals surface area contributed by atoms with Gasteiger partial charge in [0.2, 0.25) is 0 Å². The van der Waals surface area contributed by atoms with Gasteiger partial charge in [-0.15, -0.1) is 0 Å². The van der Waals surface area contributed by atoms with Crippen LogP contribution in [0, 0.1) is 5.21 Å². The predicted octanol–water partition coefficient (Wildman–Crippen LogP) is 1.86. The highest BCUT2D eigenvalue weighted by Crippen LogP contribution is 2.38. The van der Waals surface area contributed by atoms with Crippen LogP contribution in [0.2, 0.25) is 0 Å². The number of likely N-dealkylation sites (tertiary alicyclic amines) is 1. The third-order valence-corrected chi connectivity index (χ3v) is 4.73. The van der Waals surface area contributed by atoms with Gasteiger partial charge >= 0.3 is 5.97 Å². The van der Waals surface area contributed by atoms with Crippen LogP contribution < -0.4 is 14.2 Å². The Balaban J connectivity index is 1.69. The number of benzene rings is 1. The number of aromatic nitrogens is 1. The quantitative estimate of drug-likeness (QED) is 0.427. The summed E-state index contributed by atoms with van der Waals surface area (Å²) in [5.41, 5.74) is 1.08. The van der Waals surface area contributed by atoms with E-state index >= 15 is 0 Å². The molecule has 1 saturated heterocycles. The molecule has 1 aliphatic heterocycles. The van der Waals surface area contributed by atoms with E-state index in [0.29, 0.717) is 22.8 Å². The molecular formula is C20H22N2O6. The van der Waals surface area contributed by atoms with Crippen molar-refractivity contribution in [3.8, 4) is 11.5 Å². The third-order valence-electron chi connectivity index (χ3n) is 4.73. The van der Waals surface area contributed by atoms with Crippen LogP contribution in [0.15, 0.2) is 42.7 Å². The first-order valence-electron chi connectivity index (χ1n) is 8.91. The van der Waals surface area contributed by atoms with Gasteiger partial charge in [0.15, 0.2) is 19.0 Å². The lowest BCUT2D eigenvalue weighted by Gasteiger charge is -2.26. The first-order chi connectivity index (χ1) is 13.5. The molecule has 8 heteroatoms. The summed E-state index contributed by atoms with van der Waals surface area (Å²) in [6.45, 7) is 0.205. The Hall–Kier alpha value is -3.29. The fourth-order valence-corrected chi connectivity index (χ4v) is 3.33. The van der Waals surface area contributed by atoms with Gasteiger partial charge < -0.3 is 24.3 Å². The van der Waals surface area contributed by atoms with Crippen molar-refractivity contribution in [2.24, 2.45) is 0 Å². The Bertz CT molecular complexity index is 852. The van der Waals surface area contributed by atoms with Gasteiger partial charge in [0.25, 0.3) is 5.91 Å². The minimum Gasteiger partial charge on any atom is -0.619 e. The SMILES string of the molecule is COc1ccc(OC)c([C@H]2CCCN2C(=O)COC(=O)c2cc[n+]([O-])cc2)c1. The van der Waals surface area contributed by atoms with Gasteiger partial charge in [-0.3, -0.25) is 4.79 Å². The number of esters is 1. The van der Waals surface area contributed by atoms with Crippen molar-refractivity contribution in [2.75, 3.05) is 27.4 Å². The molecule has 0 aliphatic carbocycles. The van der Waals surface area contributed by atoms with Gasteiger partial charge in [0, 0.05) is 24.2 Å². The molecule has 0 spiro atoms. The van der Waals surface area contributed by atoms with Crippen LogP contribution in [0.1, 0.15) is 34.8 Å². The molecule has 0 unspecified atom stereocenters. The Morgan fingerprint density at radius 2 is 1.93 bits per heavy atom. The van der Waals surface area contributed by atoms with E-state index in [1.54, 1.807) is 25.2 Å². The molecule has 1 aromatic carbocycles. The topological polar surface area (TPSA) is 92.0 Å². The predicted molar refractivity (Wildman–Crippen MR) is 98.9 cm³/mol. The second-order valence-corrected chi connectivity index (χ2v) is 6.38. The Kier molecular flexibility index (Phi) is 5.98. The standard InChI is InChI=1S/C20H22N2O6/c1-26-15-5-6-18(27-2)16(12-15)17-4-3-9-22(17)19(23)13-28-20(24)14-7-10-21(25)11-8-14/h5-8,10-12,17H,3-4,9,13H2,1-2H3/t17-/m1/s1. The highest BCUT2D eigenvalue weighted by Gasteiger charge is 2.32. The second-order valence-electron chi connectivity index (χ2n) is 6.38. The summed E-state index contributed by atoms with van der Waals surface area (Å²) >= 11 is 0. The Morgan fingerprint density at radius 3 is 2.61 bits per heavy atom. The van der Waals surface area contributed by atoms with Crippen molar-refractivity contribution in [1.29, 1.82) is 0 Å². The molecule has 28 heavy (non-hydrogen) atoms. The maximum Gasteiger partial charge on any atom is 0.339 e. The zero-order valence-electron chi connectivity index (χ0n) is 15.8. The number of hydrogen-bond donors (Lipinski definition) is 0. The van der Waals surface area contributed by atoms with E-state index in [9.17, 15) is 14.8 Å². The molecule has 1 aromatic heterocycles. The number of methoxy groups -OCH3 is 2. The molecule has 2 aromatic rings. The summed E-state index contributed by atoms with van der Waals surface area (Å²) in [6.07, 6.45) is 4.02. The average Bonchev–Trinajstić information content (AvgIpc) is 3.21. The van der Waals surface area contributed by atoms with E-state index < -0.39 is 5.97 Å². The maximum absolute atomic E-state index is 12.7. The minimum absolute atomic E-state index is 0.174. The van der Waals surface area contributed by atoms with Gasteiger partial charge in [-0.25, -0.2) is 4.79 Å². The minimum atomic E-state index is -0.649. The van der Waals surface area contributed by atoms with Crippen LogP contribution in [-0.2, 0) is 9.53 Å². The van der Waals surface area contributed by atoms with Gasteiger partial charge in [-0.05, 0) is 31.0 Å². The summed E-state index contributed by atoms with van der Waals surface area (Å²) in [4.78, 5) is 26.5. The van der Waals surface area contributed by atoms with Crippen LogP contribution in [0.3, 0.4) is 0 Å². The van der Waals surface area contributed by atoms with Gasteiger partial charge in [-0.1, -0.05) is 0 Å². The van der Waals surface area contributed by atoms with E-state index in [0.717, 1.165) is 18.4 Å². The van der Waals surface area contributed by atoms with E-state index in [4.69, 9.17) is 14.2 Å². The van der Waals surface area contributed by atoms with Crippen LogP contribution >= 0.6 is 0 Å². The molecule has 3 rings (SSSR count). The summed E-state index contributed by atoms with van der Waals surface area (Å²) in [6, 6.07) is 8.00. The van der Waals surface area contributed by atoms with Crippen LogP contribution in [0.5, 0.6) is 11.5 Å². The van der Waals surface area contributed by atoms with Crippen LogP contribution in [0.4, 0.5) is 0 Å². The van der Waals surface area contributed by atoms with Crippen molar-refractivity contribution >= 4 is 11.9 Å². The fraction of sp³-hybridized carbons (Fsp3) is 0.350. The number of nitrogens with zero attached hydrogens (tertiary/aromatic N) is 2. The van der Waals surface area contributed by atoms with Crippen molar-refractivity contribution < 1.29 is 28.5 Å². The Morgan fingerprint density at radius 1 is 1.18 bits per heavy atom. The zero-order valence-corrected chi connectivity index (χ0v) is 15.8. The molecule has 0 saturated carbocycles. The normalized spacial score (nSPS) is 15.9. The molecule has 0 N–H and O–H groups in total. The third kappa shape index (κ3) is 4.16. The molecule has 2 heterocycles. The van der Waals surface area contributed by atoms with Crippen molar-refractivity contribution in [3.05, 3.63) is 59.1 Å². The maximum atomic E-state index is 12.7. The average molecular weight is 386 g/mol. The zero-order chi connectivity index (χ0) is 20.1. The van der Waals surface area contributed by atoms with Crippen molar-refractivity contribution in [2.45, 2.75) is 18.9 Å². The number of amides is 1. The van der Waals surface area contributed by atoms with Crippen LogP contribution in [0.25, 0.3) is 0 Å². The van der Waals surface area contributed by atoms with E-state index in [-0.39, 0.29) is 24.1 Å². The molecule has 1 fully saturated rings. The number of pyridine rings is 1. The van der Waals surface area contributed by atoms with Gasteiger partial charge in [-0.2, -0.15) is 4.73 Å². The highest BCUT2D eigenvalue weighted by molar-refractivity contribution is 5.91. The first-order valence-corrected chi connectivity index (χ1v) is 8.91. The smallest absolute Gasteiger partial charge is 0.339 e. The highest BCUT2D eigenvalue weighted by atomic mass is 16.5. The van der Waals surface area contributed by atoms with Crippen molar-refractivity contribution in [3.63, 3.8) is 0 Å². The Labute approximate surface area is 162 Å². The first kappa shape index (κ1) is 19.5. The second kappa shape index (κ2) is 8.60. The molecule has 148 valence electrons. The number of carbonyl (C=O) groups is 2. The number of carbonyl (C=O) groups excluding carboxylic acids is 2. The summed E-state index contributed by atoms with van der Waals surface area (Å²) in [5.74, 6) is 0.429. The molecule has 1 aliphatic rings. The fourth-order valence-electron chi connectivity index (χ4n) is 3.33. The molecular weight excluding hydrogens is 364 g/mol.